The molecule has 0 bridgehead atoms. The van der Waals surface area contributed by atoms with Crippen molar-refractivity contribution in [1.29, 1.82) is 0 Å². The maximum absolute atomic E-state index is 5.89. The highest BCUT2D eigenvalue weighted by atomic mass is 16.5. The average Bonchev–Trinajstić information content (AvgIpc) is 2.56. The second-order valence-corrected chi connectivity index (χ2v) is 5.93. The van der Waals surface area contributed by atoms with Crippen molar-refractivity contribution in [3.05, 3.63) is 18.2 Å². The number of nitrogens with two attached hydrogens (primary N) is 1. The van der Waals surface area contributed by atoms with Gasteiger partial charge in [0.2, 0.25) is 0 Å². The van der Waals surface area contributed by atoms with Gasteiger partial charge in [-0.25, -0.2) is 0 Å². The van der Waals surface area contributed by atoms with E-state index < -0.39 is 0 Å². The van der Waals surface area contributed by atoms with Gasteiger partial charge in [-0.05, 0) is 25.0 Å². The van der Waals surface area contributed by atoms with Gasteiger partial charge in [-0.2, -0.15) is 0 Å². The summed E-state index contributed by atoms with van der Waals surface area (Å²) in [6, 6.07) is 6.85. The molecular formula is C16H26N4O. The molecule has 2 heterocycles. The second-order valence-electron chi connectivity index (χ2n) is 5.93. The summed E-state index contributed by atoms with van der Waals surface area (Å²) in [6.45, 7) is 6.88. The number of ether oxygens (including phenoxy) is 1. The Morgan fingerprint density at radius 2 is 1.86 bits per heavy atom. The minimum atomic E-state index is 0.706. The molecule has 0 spiro atoms. The van der Waals surface area contributed by atoms with Crippen LogP contribution in [0.15, 0.2) is 18.2 Å². The van der Waals surface area contributed by atoms with Crippen molar-refractivity contribution < 1.29 is 4.74 Å². The van der Waals surface area contributed by atoms with Crippen LogP contribution < -0.4 is 20.7 Å². The first-order valence-corrected chi connectivity index (χ1v) is 7.91. The second kappa shape index (κ2) is 6.54. The van der Waals surface area contributed by atoms with Crippen LogP contribution in [0.25, 0.3) is 0 Å². The smallest absolute Gasteiger partial charge is 0.143 e. The quantitative estimate of drug-likeness (QED) is 0.818. The van der Waals surface area contributed by atoms with Crippen molar-refractivity contribution in [2.24, 2.45) is 0 Å². The van der Waals surface area contributed by atoms with E-state index in [1.165, 1.54) is 31.6 Å². The normalized spacial score (nSPS) is 21.5. The molecule has 2 aliphatic heterocycles. The monoisotopic (exact) mass is 290 g/mol. The lowest BCUT2D eigenvalue weighted by atomic mass is 10.0. The zero-order valence-electron chi connectivity index (χ0n) is 12.8. The number of rotatable bonds is 3. The summed E-state index contributed by atoms with van der Waals surface area (Å²) in [4.78, 5) is 5.10. The summed E-state index contributed by atoms with van der Waals surface area (Å²) in [5.74, 6) is 0.775. The van der Waals surface area contributed by atoms with Crippen LogP contribution >= 0.6 is 0 Å². The standard InChI is InChI=1S/C16H26N4O/c1-21-16-12-14(2-3-15(16)17)19-8-4-13(5-9-19)20-10-6-18-7-11-20/h2-3,12-13,18H,4-11,17H2,1H3. The van der Waals surface area contributed by atoms with Gasteiger partial charge < -0.3 is 20.7 Å². The van der Waals surface area contributed by atoms with E-state index in [0.717, 1.165) is 38.0 Å². The summed E-state index contributed by atoms with van der Waals surface area (Å²) in [5, 5.41) is 3.43. The molecule has 1 aromatic rings. The van der Waals surface area contributed by atoms with E-state index in [-0.39, 0.29) is 0 Å². The lowest BCUT2D eigenvalue weighted by Crippen LogP contribution is -2.52. The van der Waals surface area contributed by atoms with Crippen LogP contribution in [-0.4, -0.2) is 57.3 Å². The van der Waals surface area contributed by atoms with Gasteiger partial charge in [0.25, 0.3) is 0 Å². The number of nitrogens with one attached hydrogen (secondary N) is 1. The van der Waals surface area contributed by atoms with Crippen molar-refractivity contribution in [3.8, 4) is 5.75 Å². The zero-order valence-corrected chi connectivity index (χ0v) is 12.8. The fourth-order valence-corrected chi connectivity index (χ4v) is 3.43. The Balaban J connectivity index is 1.60. The average molecular weight is 290 g/mol. The molecule has 2 fully saturated rings. The van der Waals surface area contributed by atoms with Crippen molar-refractivity contribution in [1.82, 2.24) is 10.2 Å². The van der Waals surface area contributed by atoms with Crippen LogP contribution in [0.3, 0.4) is 0 Å². The van der Waals surface area contributed by atoms with E-state index >= 15 is 0 Å². The third kappa shape index (κ3) is 3.24. The molecule has 0 aromatic heterocycles. The van der Waals surface area contributed by atoms with Crippen LogP contribution in [0.2, 0.25) is 0 Å². The number of piperidine rings is 1. The van der Waals surface area contributed by atoms with Crippen LogP contribution in [0.1, 0.15) is 12.8 Å². The number of piperazine rings is 1. The fraction of sp³-hybridized carbons (Fsp3) is 0.625. The van der Waals surface area contributed by atoms with Gasteiger partial charge in [0, 0.05) is 57.1 Å². The van der Waals surface area contributed by atoms with Gasteiger partial charge in [-0.15, -0.1) is 0 Å². The fourth-order valence-electron chi connectivity index (χ4n) is 3.43. The molecular weight excluding hydrogens is 264 g/mol. The van der Waals surface area contributed by atoms with E-state index in [1.54, 1.807) is 7.11 Å². The molecule has 116 valence electrons. The molecule has 5 nitrogen and oxygen atoms in total. The Morgan fingerprint density at radius 1 is 1.14 bits per heavy atom. The highest BCUT2D eigenvalue weighted by Gasteiger charge is 2.25. The molecule has 21 heavy (non-hydrogen) atoms. The Morgan fingerprint density at radius 3 is 2.52 bits per heavy atom. The predicted molar refractivity (Wildman–Crippen MR) is 87.1 cm³/mol. The molecule has 3 rings (SSSR count). The first-order valence-electron chi connectivity index (χ1n) is 7.91. The summed E-state index contributed by atoms with van der Waals surface area (Å²) in [5.41, 5.74) is 7.82. The maximum Gasteiger partial charge on any atom is 0.143 e. The summed E-state index contributed by atoms with van der Waals surface area (Å²) in [6.07, 6.45) is 2.49. The van der Waals surface area contributed by atoms with E-state index in [2.05, 4.69) is 27.2 Å². The minimum Gasteiger partial charge on any atom is -0.495 e. The number of anilines is 2. The number of benzene rings is 1. The molecule has 3 N–H and O–H groups in total. The molecule has 0 unspecified atom stereocenters. The summed E-state index contributed by atoms with van der Waals surface area (Å²) in [7, 11) is 1.67. The van der Waals surface area contributed by atoms with Gasteiger partial charge >= 0.3 is 0 Å². The van der Waals surface area contributed by atoms with E-state index in [0.29, 0.717) is 5.69 Å². The molecule has 5 heteroatoms. The highest BCUT2D eigenvalue weighted by molar-refractivity contribution is 5.62. The third-order valence-electron chi connectivity index (χ3n) is 4.71. The largest absolute Gasteiger partial charge is 0.495 e. The van der Waals surface area contributed by atoms with Gasteiger partial charge in [0.05, 0.1) is 12.8 Å². The lowest BCUT2D eigenvalue weighted by molar-refractivity contribution is 0.150. The zero-order chi connectivity index (χ0) is 14.7. The molecule has 0 radical (unpaired) electrons. The molecule has 0 atom stereocenters. The van der Waals surface area contributed by atoms with Crippen LogP contribution in [0.5, 0.6) is 5.75 Å². The molecule has 0 amide bonds. The van der Waals surface area contributed by atoms with Gasteiger partial charge in [-0.3, -0.25) is 4.90 Å². The van der Waals surface area contributed by atoms with Gasteiger partial charge in [-0.1, -0.05) is 0 Å². The highest BCUT2D eigenvalue weighted by Crippen LogP contribution is 2.29. The van der Waals surface area contributed by atoms with Crippen molar-refractivity contribution in [2.45, 2.75) is 18.9 Å². The van der Waals surface area contributed by atoms with Crippen LogP contribution in [0.4, 0.5) is 11.4 Å². The SMILES string of the molecule is COc1cc(N2CCC(N3CCNCC3)CC2)ccc1N. The number of hydrogen-bond donors (Lipinski definition) is 2. The topological polar surface area (TPSA) is 53.8 Å². The van der Waals surface area contributed by atoms with Crippen molar-refractivity contribution in [3.63, 3.8) is 0 Å². The predicted octanol–water partition coefficient (Wildman–Crippen LogP) is 1.15. The Hall–Kier alpha value is -1.46. The third-order valence-corrected chi connectivity index (χ3v) is 4.71. The van der Waals surface area contributed by atoms with Crippen LogP contribution in [0, 0.1) is 0 Å². The molecule has 2 aliphatic rings. The van der Waals surface area contributed by atoms with E-state index in [9.17, 15) is 0 Å². The molecule has 1 aromatic carbocycles. The molecule has 2 saturated heterocycles. The Labute approximate surface area is 127 Å². The molecule has 0 aliphatic carbocycles. The first kappa shape index (κ1) is 14.5. The lowest BCUT2D eigenvalue weighted by Gasteiger charge is -2.41. The maximum atomic E-state index is 5.89. The van der Waals surface area contributed by atoms with Crippen molar-refractivity contribution >= 4 is 11.4 Å². The number of hydrogen-bond acceptors (Lipinski definition) is 5. The summed E-state index contributed by atoms with van der Waals surface area (Å²) >= 11 is 0. The Kier molecular flexibility index (Phi) is 4.51. The van der Waals surface area contributed by atoms with E-state index in [4.69, 9.17) is 10.5 Å². The first-order chi connectivity index (χ1) is 10.3. The summed E-state index contributed by atoms with van der Waals surface area (Å²) < 4.78 is 5.33. The molecule has 0 saturated carbocycles. The van der Waals surface area contributed by atoms with Crippen molar-refractivity contribution in [2.75, 3.05) is 57.0 Å². The van der Waals surface area contributed by atoms with Gasteiger partial charge in [0.15, 0.2) is 0 Å². The number of nitrogens with zero attached hydrogens (tertiary/aromatic N) is 2. The van der Waals surface area contributed by atoms with E-state index in [1.807, 2.05) is 6.07 Å². The van der Waals surface area contributed by atoms with Crippen LogP contribution in [-0.2, 0) is 0 Å². The minimum absolute atomic E-state index is 0.706. The van der Waals surface area contributed by atoms with Gasteiger partial charge in [0.1, 0.15) is 5.75 Å². The Bertz CT molecular complexity index is 465. The number of methoxy groups -OCH3 is 1. The number of nitrogen functional groups attached to an aromatic ring is 1.